The summed E-state index contributed by atoms with van der Waals surface area (Å²) in [4.78, 5) is 10.0. The minimum absolute atomic E-state index is 0.292. The van der Waals surface area contributed by atoms with Crippen LogP contribution in [-0.2, 0) is 25.5 Å². The topological polar surface area (TPSA) is 72.5 Å². The third kappa shape index (κ3) is 4.91. The number of alkyl halides is 3. The van der Waals surface area contributed by atoms with E-state index in [9.17, 15) is 26.4 Å². The first-order valence-electron chi connectivity index (χ1n) is 5.42. The van der Waals surface area contributed by atoms with E-state index in [0.717, 1.165) is 12.1 Å². The van der Waals surface area contributed by atoms with Gasteiger partial charge in [0, 0.05) is 0 Å². The summed E-state index contributed by atoms with van der Waals surface area (Å²) in [6, 6.07) is 4.17. The molecule has 20 heavy (non-hydrogen) atoms. The van der Waals surface area contributed by atoms with Crippen molar-refractivity contribution < 1.29 is 30.6 Å². The van der Waals surface area contributed by atoms with Gasteiger partial charge in [-0.3, -0.25) is 0 Å². The molecule has 0 aliphatic rings. The molecule has 0 fully saturated rings. The first kappa shape index (κ1) is 16.6. The molecule has 112 valence electrons. The highest BCUT2D eigenvalue weighted by Crippen LogP contribution is 2.24. The quantitative estimate of drug-likeness (QED) is 0.632. The molecule has 1 N–H and O–H groups in total. The molecular formula is C11H12F3NO4S. The number of aldehydes is 1. The van der Waals surface area contributed by atoms with E-state index in [1.165, 1.54) is 12.1 Å². The van der Waals surface area contributed by atoms with Crippen molar-refractivity contribution in [2.24, 2.45) is 0 Å². The predicted molar refractivity (Wildman–Crippen MR) is 63.4 cm³/mol. The predicted octanol–water partition coefficient (Wildman–Crippen LogP) is 1.24. The number of hydrogen-bond acceptors (Lipinski definition) is 5. The molecule has 0 aromatic heterocycles. The molecule has 1 aromatic carbocycles. The van der Waals surface area contributed by atoms with Crippen molar-refractivity contribution in [3.05, 3.63) is 29.8 Å². The molecule has 0 aliphatic heterocycles. The fraction of sp³-hybridized carbons (Fsp3) is 0.364. The number of rotatable bonds is 6. The van der Waals surface area contributed by atoms with E-state index in [0.29, 0.717) is 18.3 Å². The Morgan fingerprint density at radius 2 is 1.85 bits per heavy atom. The SMILES string of the molecule is CNC(C=O)Cc1ccc(S(=O)(=O)OC(F)(F)F)cc1. The van der Waals surface area contributed by atoms with Crippen LogP contribution < -0.4 is 5.32 Å². The van der Waals surface area contributed by atoms with Crippen LogP contribution >= 0.6 is 0 Å². The number of nitrogens with one attached hydrogen (secondary N) is 1. The van der Waals surface area contributed by atoms with E-state index in [2.05, 4.69) is 9.50 Å². The second-order valence-electron chi connectivity index (χ2n) is 3.86. The summed E-state index contributed by atoms with van der Waals surface area (Å²) < 4.78 is 61.4. The average Bonchev–Trinajstić information content (AvgIpc) is 2.33. The number of carbonyl (C=O) groups is 1. The van der Waals surface area contributed by atoms with Crippen LogP contribution in [0.3, 0.4) is 0 Å². The van der Waals surface area contributed by atoms with Gasteiger partial charge in [0.2, 0.25) is 0 Å². The second-order valence-corrected chi connectivity index (χ2v) is 5.41. The lowest BCUT2D eigenvalue weighted by Crippen LogP contribution is -2.28. The van der Waals surface area contributed by atoms with E-state index >= 15 is 0 Å². The third-order valence-corrected chi connectivity index (χ3v) is 3.66. The van der Waals surface area contributed by atoms with Crippen LogP contribution in [0, 0.1) is 0 Å². The van der Waals surface area contributed by atoms with Gasteiger partial charge in [-0.2, -0.15) is 12.6 Å². The number of halogens is 3. The summed E-state index contributed by atoms with van der Waals surface area (Å²) in [5.41, 5.74) is 0.599. The Hall–Kier alpha value is -1.45. The third-order valence-electron chi connectivity index (χ3n) is 2.41. The van der Waals surface area contributed by atoms with Crippen LogP contribution in [0.15, 0.2) is 29.2 Å². The van der Waals surface area contributed by atoms with Gasteiger partial charge >= 0.3 is 16.5 Å². The molecule has 0 saturated heterocycles. The standard InChI is InChI=1S/C11H12F3NO4S/c1-15-9(7-16)6-8-2-4-10(5-3-8)20(17,18)19-11(12,13)14/h2-5,7,9,15H,6H2,1H3. The van der Waals surface area contributed by atoms with Crippen molar-refractivity contribution >= 4 is 16.4 Å². The fourth-order valence-corrected chi connectivity index (χ4v) is 2.25. The van der Waals surface area contributed by atoms with Crippen LogP contribution in [-0.4, -0.2) is 34.2 Å². The molecule has 1 aromatic rings. The number of carbonyl (C=O) groups excluding carboxylic acids is 1. The van der Waals surface area contributed by atoms with Gasteiger partial charge in [0.1, 0.15) is 6.29 Å². The molecule has 0 saturated carbocycles. The van der Waals surface area contributed by atoms with Gasteiger partial charge in [-0.25, -0.2) is 0 Å². The minimum atomic E-state index is -5.27. The molecule has 1 rings (SSSR count). The Labute approximate surface area is 113 Å². The summed E-state index contributed by atoms with van der Waals surface area (Å²) in [6.07, 6.45) is -4.30. The second kappa shape index (κ2) is 6.33. The highest BCUT2D eigenvalue weighted by Gasteiger charge is 2.37. The molecule has 1 atom stereocenters. The lowest BCUT2D eigenvalue weighted by Gasteiger charge is -2.10. The van der Waals surface area contributed by atoms with Gasteiger partial charge in [-0.05, 0) is 31.2 Å². The van der Waals surface area contributed by atoms with Gasteiger partial charge in [-0.15, -0.1) is 13.2 Å². The van der Waals surface area contributed by atoms with Crippen molar-refractivity contribution in [1.82, 2.24) is 5.32 Å². The van der Waals surface area contributed by atoms with Gasteiger partial charge in [0.25, 0.3) is 0 Å². The average molecular weight is 311 g/mol. The van der Waals surface area contributed by atoms with E-state index < -0.39 is 27.4 Å². The Balaban J connectivity index is 2.88. The van der Waals surface area contributed by atoms with Crippen LogP contribution in [0.25, 0.3) is 0 Å². The van der Waals surface area contributed by atoms with Gasteiger partial charge in [0.15, 0.2) is 0 Å². The van der Waals surface area contributed by atoms with Gasteiger partial charge in [-0.1, -0.05) is 12.1 Å². The molecule has 0 bridgehead atoms. The van der Waals surface area contributed by atoms with Crippen molar-refractivity contribution in [2.45, 2.75) is 23.7 Å². The largest absolute Gasteiger partial charge is 0.537 e. The highest BCUT2D eigenvalue weighted by molar-refractivity contribution is 7.86. The Morgan fingerprint density at radius 1 is 1.30 bits per heavy atom. The number of hydrogen-bond donors (Lipinski definition) is 1. The van der Waals surface area contributed by atoms with Crippen molar-refractivity contribution in [1.29, 1.82) is 0 Å². The lowest BCUT2D eigenvalue weighted by molar-refractivity contribution is -0.271. The maximum atomic E-state index is 11.9. The zero-order chi connectivity index (χ0) is 15.4. The first-order chi connectivity index (χ1) is 9.18. The molecule has 0 heterocycles. The molecule has 0 spiro atoms. The van der Waals surface area contributed by atoms with E-state index in [-0.39, 0.29) is 0 Å². The molecule has 1 unspecified atom stereocenters. The van der Waals surface area contributed by atoms with Crippen molar-refractivity contribution in [3.63, 3.8) is 0 Å². The van der Waals surface area contributed by atoms with Gasteiger partial charge in [0.05, 0.1) is 10.9 Å². The van der Waals surface area contributed by atoms with Crippen molar-refractivity contribution in [2.75, 3.05) is 7.05 Å². The zero-order valence-electron chi connectivity index (χ0n) is 10.3. The van der Waals surface area contributed by atoms with Crippen LogP contribution in [0.5, 0.6) is 0 Å². The van der Waals surface area contributed by atoms with Gasteiger partial charge < -0.3 is 10.1 Å². The van der Waals surface area contributed by atoms with E-state index in [1.807, 2.05) is 0 Å². The Kier molecular flexibility index (Phi) is 5.26. The molecule has 0 aliphatic carbocycles. The zero-order valence-corrected chi connectivity index (χ0v) is 11.2. The number of likely N-dealkylation sites (N-methyl/N-ethyl adjacent to an activating group) is 1. The van der Waals surface area contributed by atoms with E-state index in [1.54, 1.807) is 7.05 Å². The molecule has 9 heteroatoms. The molecule has 0 radical (unpaired) electrons. The summed E-state index contributed by atoms with van der Waals surface area (Å²) in [5.74, 6) is 0. The Morgan fingerprint density at radius 3 is 2.25 bits per heavy atom. The highest BCUT2D eigenvalue weighted by atomic mass is 32.2. The van der Waals surface area contributed by atoms with Crippen LogP contribution in [0.1, 0.15) is 5.56 Å². The van der Waals surface area contributed by atoms with Crippen LogP contribution in [0.4, 0.5) is 13.2 Å². The summed E-state index contributed by atoms with van der Waals surface area (Å²) in [5, 5.41) is 2.72. The molecule has 0 amide bonds. The minimum Gasteiger partial charge on any atom is -0.311 e. The summed E-state index contributed by atoms with van der Waals surface area (Å²) in [7, 11) is -3.31. The molecular weight excluding hydrogens is 299 g/mol. The lowest BCUT2D eigenvalue weighted by atomic mass is 10.1. The monoisotopic (exact) mass is 311 g/mol. The number of benzene rings is 1. The van der Waals surface area contributed by atoms with Crippen molar-refractivity contribution in [3.8, 4) is 0 Å². The smallest absolute Gasteiger partial charge is 0.311 e. The fourth-order valence-electron chi connectivity index (χ4n) is 1.44. The van der Waals surface area contributed by atoms with E-state index in [4.69, 9.17) is 0 Å². The van der Waals surface area contributed by atoms with Crippen LogP contribution in [0.2, 0.25) is 0 Å². The maximum absolute atomic E-state index is 11.9. The molecule has 5 nitrogen and oxygen atoms in total. The normalized spacial score (nSPS) is 14.0. The Bertz CT molecular complexity index is 554. The maximum Gasteiger partial charge on any atom is 0.537 e. The summed E-state index contributed by atoms with van der Waals surface area (Å²) in [6.45, 7) is 0. The summed E-state index contributed by atoms with van der Waals surface area (Å²) >= 11 is 0. The first-order valence-corrected chi connectivity index (χ1v) is 6.82.